The Hall–Kier alpha value is -3.56. The molecule has 0 heterocycles. The summed E-state index contributed by atoms with van der Waals surface area (Å²) in [5.41, 5.74) is 5.74. The van der Waals surface area contributed by atoms with Gasteiger partial charge in [0.15, 0.2) is 0 Å². The second-order valence-electron chi connectivity index (χ2n) is 10.6. The minimum absolute atomic E-state index is 0.422. The topological polar surface area (TPSA) is 56.8 Å². The fourth-order valence-corrected chi connectivity index (χ4v) is 5.97. The molecule has 0 N–H and O–H groups in total. The molecule has 3 aromatic rings. The molecule has 196 valence electrons. The van der Waals surface area contributed by atoms with E-state index >= 15 is 0 Å². The Morgan fingerprint density at radius 3 is 1.76 bits per heavy atom. The third-order valence-electron chi connectivity index (χ3n) is 8.16. The highest BCUT2D eigenvalue weighted by Gasteiger charge is 2.22. The van der Waals surface area contributed by atoms with Gasteiger partial charge in [-0.05, 0) is 73.3 Å². The van der Waals surface area contributed by atoms with Crippen LogP contribution in [0.15, 0.2) is 60.7 Å². The highest BCUT2D eigenvalue weighted by molar-refractivity contribution is 5.82. The zero-order chi connectivity index (χ0) is 26.7. The van der Waals surface area contributed by atoms with Crippen LogP contribution in [-0.2, 0) is 0 Å². The fourth-order valence-electron chi connectivity index (χ4n) is 5.97. The van der Waals surface area contributed by atoms with Gasteiger partial charge in [0.05, 0.1) is 17.7 Å². The summed E-state index contributed by atoms with van der Waals surface area (Å²) in [6.45, 7) is 4.84. The monoisotopic (exact) mass is 504 g/mol. The van der Waals surface area contributed by atoms with Crippen molar-refractivity contribution in [2.45, 2.75) is 84.0 Å². The largest absolute Gasteiger partial charge is 0.494 e. The van der Waals surface area contributed by atoms with Crippen molar-refractivity contribution in [1.29, 1.82) is 10.5 Å². The molecule has 1 aliphatic carbocycles. The molecule has 4 rings (SSSR count). The van der Waals surface area contributed by atoms with Crippen molar-refractivity contribution < 1.29 is 4.74 Å². The first kappa shape index (κ1) is 27.5. The maximum absolute atomic E-state index is 10.0. The lowest BCUT2D eigenvalue weighted by Gasteiger charge is -2.29. The molecule has 3 heteroatoms. The molecule has 0 aliphatic heterocycles. The predicted molar refractivity (Wildman–Crippen MR) is 156 cm³/mol. The van der Waals surface area contributed by atoms with E-state index in [0.717, 1.165) is 33.9 Å². The highest BCUT2D eigenvalue weighted by Crippen LogP contribution is 2.39. The van der Waals surface area contributed by atoms with E-state index in [2.05, 4.69) is 43.3 Å². The molecule has 0 amide bonds. The number of nitrogens with zero attached hydrogens (tertiary/aromatic N) is 2. The molecule has 3 nitrogen and oxygen atoms in total. The van der Waals surface area contributed by atoms with Gasteiger partial charge in [0.2, 0.25) is 0 Å². The minimum Gasteiger partial charge on any atom is -0.494 e. The maximum atomic E-state index is 10.0. The molecule has 0 aromatic heterocycles. The van der Waals surface area contributed by atoms with Crippen LogP contribution in [0.1, 0.15) is 101 Å². The third-order valence-corrected chi connectivity index (χ3v) is 8.16. The molecular weight excluding hydrogens is 464 g/mol. The zero-order valence-corrected chi connectivity index (χ0v) is 23.0. The van der Waals surface area contributed by atoms with E-state index in [0.29, 0.717) is 23.7 Å². The number of ether oxygens (including phenoxy) is 1. The lowest BCUT2D eigenvalue weighted by molar-refractivity contribution is 0.302. The van der Waals surface area contributed by atoms with E-state index in [1.807, 2.05) is 43.3 Å². The Balaban J connectivity index is 1.45. The predicted octanol–water partition coefficient (Wildman–Crippen LogP) is 9.80. The van der Waals surface area contributed by atoms with E-state index in [4.69, 9.17) is 4.74 Å². The summed E-state index contributed by atoms with van der Waals surface area (Å²) in [4.78, 5) is 0. The number of benzene rings is 3. The second kappa shape index (κ2) is 13.8. The number of hydrogen-bond donors (Lipinski definition) is 0. The van der Waals surface area contributed by atoms with Gasteiger partial charge < -0.3 is 4.74 Å². The average Bonchev–Trinajstić information content (AvgIpc) is 2.97. The zero-order valence-electron chi connectivity index (χ0n) is 23.0. The molecule has 0 atom stereocenters. The molecule has 0 spiro atoms. The van der Waals surface area contributed by atoms with Crippen LogP contribution >= 0.6 is 0 Å². The van der Waals surface area contributed by atoms with Crippen LogP contribution in [0.3, 0.4) is 0 Å². The third kappa shape index (κ3) is 6.65. The normalized spacial score (nSPS) is 16.9. The molecule has 1 fully saturated rings. The van der Waals surface area contributed by atoms with E-state index in [-0.39, 0.29) is 0 Å². The molecule has 0 radical (unpaired) electrons. The van der Waals surface area contributed by atoms with Crippen LogP contribution in [0.5, 0.6) is 5.75 Å². The Kier molecular flexibility index (Phi) is 10.0. The Labute approximate surface area is 229 Å². The van der Waals surface area contributed by atoms with Crippen molar-refractivity contribution in [2.75, 3.05) is 6.61 Å². The average molecular weight is 505 g/mol. The van der Waals surface area contributed by atoms with Crippen molar-refractivity contribution in [3.8, 4) is 40.1 Å². The van der Waals surface area contributed by atoms with Crippen molar-refractivity contribution >= 4 is 0 Å². The first-order valence-electron chi connectivity index (χ1n) is 14.5. The van der Waals surface area contributed by atoms with Crippen LogP contribution < -0.4 is 4.74 Å². The summed E-state index contributed by atoms with van der Waals surface area (Å²) in [5, 5.41) is 20.0. The summed E-state index contributed by atoms with van der Waals surface area (Å²) in [5.74, 6) is 2.33. The van der Waals surface area contributed by atoms with Crippen molar-refractivity contribution in [1.82, 2.24) is 0 Å². The molecule has 3 aromatic carbocycles. The molecule has 1 saturated carbocycles. The Morgan fingerprint density at radius 1 is 0.684 bits per heavy atom. The van der Waals surface area contributed by atoms with Gasteiger partial charge in [-0.25, -0.2) is 0 Å². The molecule has 0 unspecified atom stereocenters. The van der Waals surface area contributed by atoms with Crippen molar-refractivity contribution in [2.24, 2.45) is 5.92 Å². The van der Waals surface area contributed by atoms with Crippen LogP contribution in [0, 0.1) is 28.6 Å². The smallest absolute Gasteiger partial charge is 0.119 e. The van der Waals surface area contributed by atoms with E-state index in [9.17, 15) is 10.5 Å². The van der Waals surface area contributed by atoms with Crippen molar-refractivity contribution in [3.05, 3.63) is 77.4 Å². The molecule has 38 heavy (non-hydrogen) atoms. The van der Waals surface area contributed by atoms with Crippen LogP contribution in [0.2, 0.25) is 0 Å². The Morgan fingerprint density at radius 2 is 1.24 bits per heavy atom. The SMILES string of the molecule is CCCCCCC[C@H]1CC[C@H](c2ccc(-c3ccc(-c4ccc(OCC)cc4)c(C#N)c3C#N)cc2)CC1. The first-order chi connectivity index (χ1) is 18.7. The summed E-state index contributed by atoms with van der Waals surface area (Å²) in [7, 11) is 0. The summed E-state index contributed by atoms with van der Waals surface area (Å²) in [6, 6.07) is 25.0. The summed E-state index contributed by atoms with van der Waals surface area (Å²) < 4.78 is 5.54. The number of hydrogen-bond acceptors (Lipinski definition) is 3. The molecule has 1 aliphatic rings. The summed E-state index contributed by atoms with van der Waals surface area (Å²) >= 11 is 0. The van der Waals surface area contributed by atoms with Gasteiger partial charge in [0.25, 0.3) is 0 Å². The number of nitriles is 2. The van der Waals surface area contributed by atoms with E-state index in [1.54, 1.807) is 0 Å². The summed E-state index contributed by atoms with van der Waals surface area (Å²) in [6.07, 6.45) is 13.5. The van der Waals surface area contributed by atoms with Gasteiger partial charge in [-0.3, -0.25) is 0 Å². The van der Waals surface area contributed by atoms with Crippen molar-refractivity contribution in [3.63, 3.8) is 0 Å². The standard InChI is InChI=1S/C35H40N2O/c1-3-5-6-7-8-9-26-10-12-27(13-11-26)28-14-16-29(17-15-28)32-22-23-33(35(25-37)34(32)24-36)30-18-20-31(21-19-30)38-4-2/h14-23,26-27H,3-13H2,1-2H3/t26-,27-. The minimum atomic E-state index is 0.422. The Bertz CT molecular complexity index is 1250. The van der Waals surface area contributed by atoms with Gasteiger partial charge in [0.1, 0.15) is 17.9 Å². The van der Waals surface area contributed by atoms with Gasteiger partial charge in [-0.2, -0.15) is 10.5 Å². The molecule has 0 saturated heterocycles. The van der Waals surface area contributed by atoms with Gasteiger partial charge in [-0.15, -0.1) is 0 Å². The van der Waals surface area contributed by atoms with Crippen LogP contribution in [0.4, 0.5) is 0 Å². The molecule has 0 bridgehead atoms. The first-order valence-corrected chi connectivity index (χ1v) is 14.5. The van der Waals surface area contributed by atoms with E-state index in [1.165, 1.54) is 69.8 Å². The highest BCUT2D eigenvalue weighted by atomic mass is 16.5. The molecular formula is C35H40N2O. The lowest BCUT2D eigenvalue weighted by Crippen LogP contribution is -2.13. The van der Waals surface area contributed by atoms with Gasteiger partial charge >= 0.3 is 0 Å². The second-order valence-corrected chi connectivity index (χ2v) is 10.6. The number of rotatable bonds is 11. The van der Waals surface area contributed by atoms with Crippen LogP contribution in [0.25, 0.3) is 22.3 Å². The van der Waals surface area contributed by atoms with Crippen LogP contribution in [-0.4, -0.2) is 6.61 Å². The van der Waals surface area contributed by atoms with E-state index < -0.39 is 0 Å². The van der Waals surface area contributed by atoms with Gasteiger partial charge in [-0.1, -0.05) is 94.0 Å². The quantitative estimate of drug-likeness (QED) is 0.244. The maximum Gasteiger partial charge on any atom is 0.119 e. The fraction of sp³-hybridized carbons (Fsp3) is 0.429. The number of unbranched alkanes of at least 4 members (excludes halogenated alkanes) is 4. The van der Waals surface area contributed by atoms with Gasteiger partial charge in [0, 0.05) is 11.1 Å². The lowest BCUT2D eigenvalue weighted by atomic mass is 9.77.